The maximum absolute atomic E-state index is 13.4. The molecule has 0 aliphatic heterocycles. The summed E-state index contributed by atoms with van der Waals surface area (Å²) in [5.41, 5.74) is 4.98. The molecule has 36 heavy (non-hydrogen) atoms. The summed E-state index contributed by atoms with van der Waals surface area (Å²) in [6, 6.07) is 17.9. The first-order chi connectivity index (χ1) is 17.6. The summed E-state index contributed by atoms with van der Waals surface area (Å²) in [6.07, 6.45) is 7.10. The number of nitrogens with one attached hydrogen (secondary N) is 1. The number of rotatable bonds is 4. The van der Waals surface area contributed by atoms with E-state index in [0.29, 0.717) is 22.2 Å². The Bertz CT molecular complexity index is 1730. The predicted octanol–water partition coefficient (Wildman–Crippen LogP) is 4.95. The number of carbonyl (C=O) groups is 1. The maximum atomic E-state index is 13.4. The molecule has 0 bridgehead atoms. The summed E-state index contributed by atoms with van der Waals surface area (Å²) in [6.45, 7) is 0. The minimum Gasteiger partial charge on any atom is -0.507 e. The summed E-state index contributed by atoms with van der Waals surface area (Å²) in [5, 5.41) is 16.8. The molecule has 6 rings (SSSR count). The number of aromatic nitrogens is 2. The van der Waals surface area contributed by atoms with Crippen LogP contribution in [-0.4, -0.2) is 26.8 Å². The molecule has 0 unspecified atom stereocenters. The molecular formula is C28H22N4O3S. The molecule has 0 spiro atoms. The van der Waals surface area contributed by atoms with Gasteiger partial charge in [0.1, 0.15) is 16.9 Å². The zero-order valence-corrected chi connectivity index (χ0v) is 20.1. The first-order valence-corrected chi connectivity index (χ1v) is 12.6. The van der Waals surface area contributed by atoms with E-state index in [2.05, 4.69) is 15.5 Å². The highest BCUT2D eigenvalue weighted by atomic mass is 32.1. The first-order valence-electron chi connectivity index (χ1n) is 11.8. The van der Waals surface area contributed by atoms with Crippen LogP contribution in [0.4, 0.5) is 0 Å². The van der Waals surface area contributed by atoms with E-state index in [0.717, 1.165) is 46.8 Å². The van der Waals surface area contributed by atoms with Gasteiger partial charge < -0.3 is 5.11 Å². The van der Waals surface area contributed by atoms with Crippen molar-refractivity contribution in [3.8, 4) is 11.4 Å². The normalized spacial score (nSPS) is 13.3. The second-order valence-electron chi connectivity index (χ2n) is 8.78. The van der Waals surface area contributed by atoms with E-state index in [1.165, 1.54) is 22.0 Å². The second-order valence-corrected chi connectivity index (χ2v) is 9.86. The number of aryl methyl sites for hydroxylation is 2. The molecule has 1 aliphatic rings. The van der Waals surface area contributed by atoms with Gasteiger partial charge in [-0.25, -0.2) is 10.4 Å². The Balaban J connectivity index is 1.28. The first kappa shape index (κ1) is 22.2. The van der Waals surface area contributed by atoms with Gasteiger partial charge >= 0.3 is 0 Å². The number of phenolic OH excluding ortho intramolecular Hbond substituents is 1. The molecule has 0 radical (unpaired) electrons. The zero-order valence-electron chi connectivity index (χ0n) is 19.3. The van der Waals surface area contributed by atoms with E-state index in [1.807, 2.05) is 30.3 Å². The van der Waals surface area contributed by atoms with Crippen LogP contribution in [0.3, 0.4) is 0 Å². The van der Waals surface area contributed by atoms with Crippen LogP contribution in [-0.2, 0) is 12.8 Å². The van der Waals surface area contributed by atoms with Crippen LogP contribution in [0.5, 0.6) is 5.75 Å². The van der Waals surface area contributed by atoms with Crippen molar-refractivity contribution in [2.24, 2.45) is 5.10 Å². The second kappa shape index (κ2) is 9.05. The number of thiophene rings is 1. The number of nitrogens with zero attached hydrogens (tertiary/aromatic N) is 3. The van der Waals surface area contributed by atoms with Gasteiger partial charge in [0, 0.05) is 16.0 Å². The third kappa shape index (κ3) is 3.85. The van der Waals surface area contributed by atoms with Gasteiger partial charge in [-0.3, -0.25) is 14.2 Å². The van der Waals surface area contributed by atoms with Crippen LogP contribution in [0.1, 0.15) is 39.2 Å². The lowest BCUT2D eigenvalue weighted by Gasteiger charge is -2.11. The molecule has 178 valence electrons. The Labute approximate surface area is 210 Å². The molecule has 0 saturated heterocycles. The molecule has 2 heterocycles. The maximum Gasteiger partial charge on any atom is 0.271 e. The van der Waals surface area contributed by atoms with E-state index in [4.69, 9.17) is 0 Å². The molecular weight excluding hydrogens is 472 g/mol. The fourth-order valence-electron chi connectivity index (χ4n) is 4.77. The van der Waals surface area contributed by atoms with Crippen LogP contribution in [0.25, 0.3) is 26.7 Å². The molecule has 0 fully saturated rings. The molecule has 1 amide bonds. The molecule has 7 nitrogen and oxygen atoms in total. The van der Waals surface area contributed by atoms with Crippen molar-refractivity contribution in [3.63, 3.8) is 0 Å². The summed E-state index contributed by atoms with van der Waals surface area (Å²) >= 11 is 1.61. The molecule has 0 atom stereocenters. The molecule has 8 heteroatoms. The lowest BCUT2D eigenvalue weighted by Crippen LogP contribution is -2.21. The summed E-state index contributed by atoms with van der Waals surface area (Å²) in [4.78, 5) is 32.8. The van der Waals surface area contributed by atoms with Crippen molar-refractivity contribution in [1.82, 2.24) is 15.0 Å². The number of carbonyl (C=O) groups excluding carboxylic acids is 1. The monoisotopic (exact) mass is 494 g/mol. The highest BCUT2D eigenvalue weighted by Gasteiger charge is 2.20. The van der Waals surface area contributed by atoms with Crippen LogP contribution in [0.2, 0.25) is 0 Å². The molecule has 2 aromatic heterocycles. The predicted molar refractivity (Wildman–Crippen MR) is 143 cm³/mol. The minimum atomic E-state index is -0.428. The fourth-order valence-corrected chi connectivity index (χ4v) is 5.99. The van der Waals surface area contributed by atoms with Crippen LogP contribution in [0.15, 0.2) is 76.9 Å². The number of fused-ring (bicyclic) bond motifs is 4. The number of phenols is 1. The lowest BCUT2D eigenvalue weighted by atomic mass is 9.97. The van der Waals surface area contributed by atoms with E-state index in [1.54, 1.807) is 41.7 Å². The smallest absolute Gasteiger partial charge is 0.271 e. The summed E-state index contributed by atoms with van der Waals surface area (Å²) in [5.74, 6) is -0.352. The van der Waals surface area contributed by atoms with Crippen molar-refractivity contribution in [1.29, 1.82) is 0 Å². The fraction of sp³-hybridized carbons (Fsp3) is 0.143. The third-order valence-corrected chi connectivity index (χ3v) is 7.77. The number of hydrogen-bond donors (Lipinski definition) is 2. The van der Waals surface area contributed by atoms with Gasteiger partial charge in [0.25, 0.3) is 11.5 Å². The Morgan fingerprint density at radius 1 is 1.08 bits per heavy atom. The van der Waals surface area contributed by atoms with E-state index < -0.39 is 5.91 Å². The average molecular weight is 495 g/mol. The molecule has 3 aromatic carbocycles. The SMILES string of the molecule is O=C(N/N=C/c1c(O)ccc2ccccc12)c1cccc(-n2cnc3sc4c(c3c2=O)CCCC4)c1. The van der Waals surface area contributed by atoms with Crippen molar-refractivity contribution in [2.45, 2.75) is 25.7 Å². The van der Waals surface area contributed by atoms with Crippen molar-refractivity contribution in [2.75, 3.05) is 0 Å². The van der Waals surface area contributed by atoms with E-state index in [-0.39, 0.29) is 11.3 Å². The molecule has 0 saturated carbocycles. The standard InChI is InChI=1S/C28H22N4O3S/c33-23-13-12-17-6-1-2-9-20(17)22(23)15-30-31-26(34)18-7-5-8-19(14-18)32-16-29-27-25(28(32)35)21-10-3-4-11-24(21)36-27/h1-2,5-9,12-16,33H,3-4,10-11H2,(H,31,34)/b30-15+. The Morgan fingerprint density at radius 3 is 2.86 bits per heavy atom. The van der Waals surface area contributed by atoms with Crippen LogP contribution < -0.4 is 11.0 Å². The number of benzene rings is 3. The number of aromatic hydroxyl groups is 1. The van der Waals surface area contributed by atoms with Gasteiger partial charge in [-0.1, -0.05) is 36.4 Å². The van der Waals surface area contributed by atoms with Crippen molar-refractivity contribution < 1.29 is 9.90 Å². The largest absolute Gasteiger partial charge is 0.507 e. The van der Waals surface area contributed by atoms with Gasteiger partial charge in [0.2, 0.25) is 0 Å². The minimum absolute atomic E-state index is 0.0755. The Kier molecular flexibility index (Phi) is 5.58. The number of hydrogen-bond acceptors (Lipinski definition) is 6. The van der Waals surface area contributed by atoms with E-state index >= 15 is 0 Å². The number of amides is 1. The Hall–Kier alpha value is -4.30. The van der Waals surface area contributed by atoms with Gasteiger partial charge in [0.15, 0.2) is 0 Å². The lowest BCUT2D eigenvalue weighted by molar-refractivity contribution is 0.0955. The van der Waals surface area contributed by atoms with E-state index in [9.17, 15) is 14.7 Å². The van der Waals surface area contributed by atoms with Crippen molar-refractivity contribution >= 4 is 44.4 Å². The van der Waals surface area contributed by atoms with Gasteiger partial charge in [0.05, 0.1) is 17.3 Å². The van der Waals surface area contributed by atoms with Crippen LogP contribution >= 0.6 is 11.3 Å². The highest BCUT2D eigenvalue weighted by molar-refractivity contribution is 7.18. The van der Waals surface area contributed by atoms with Crippen molar-refractivity contribution in [3.05, 3.63) is 98.9 Å². The number of hydrazone groups is 1. The summed E-state index contributed by atoms with van der Waals surface area (Å²) in [7, 11) is 0. The third-order valence-electron chi connectivity index (χ3n) is 6.57. The van der Waals surface area contributed by atoms with Gasteiger partial charge in [-0.2, -0.15) is 5.10 Å². The van der Waals surface area contributed by atoms with Gasteiger partial charge in [-0.05, 0) is 66.3 Å². The van der Waals surface area contributed by atoms with Crippen LogP contribution in [0, 0.1) is 0 Å². The summed E-state index contributed by atoms with van der Waals surface area (Å²) < 4.78 is 1.50. The molecule has 1 aliphatic carbocycles. The molecule has 5 aromatic rings. The quantitative estimate of drug-likeness (QED) is 0.273. The zero-order chi connectivity index (χ0) is 24.6. The highest BCUT2D eigenvalue weighted by Crippen LogP contribution is 2.33. The Morgan fingerprint density at radius 2 is 1.94 bits per heavy atom. The van der Waals surface area contributed by atoms with Gasteiger partial charge in [-0.15, -0.1) is 11.3 Å². The average Bonchev–Trinajstić information content (AvgIpc) is 3.29. The molecule has 2 N–H and O–H groups in total. The topological polar surface area (TPSA) is 96.6 Å².